The summed E-state index contributed by atoms with van der Waals surface area (Å²) in [7, 11) is 1.34. The number of benzene rings is 2. The van der Waals surface area contributed by atoms with Crippen molar-refractivity contribution in [3.05, 3.63) is 59.9 Å². The Morgan fingerprint density at radius 3 is 1.69 bits per heavy atom. The molecule has 6 nitrogen and oxygen atoms in total. The van der Waals surface area contributed by atoms with Gasteiger partial charge in [-0.1, -0.05) is 79.0 Å². The average Bonchev–Trinajstić information content (AvgIpc) is 2.87. The van der Waals surface area contributed by atoms with Crippen LogP contribution in [0.2, 0.25) is 0 Å². The molecule has 2 rings (SSSR count). The van der Waals surface area contributed by atoms with Gasteiger partial charge in [0, 0.05) is 14.2 Å². The Balaban J connectivity index is -0.000000239. The lowest BCUT2D eigenvalue weighted by Gasteiger charge is -2.15. The van der Waals surface area contributed by atoms with Gasteiger partial charge in [-0.3, -0.25) is 10.6 Å². The van der Waals surface area contributed by atoms with Crippen molar-refractivity contribution in [3.63, 3.8) is 0 Å². The highest BCUT2D eigenvalue weighted by atomic mass is 19.1. The van der Waals surface area contributed by atoms with E-state index in [-0.39, 0.29) is 8.67 Å². The molecular formula is C28H49FN2O4. The third-order valence-corrected chi connectivity index (χ3v) is 4.69. The number of halogens is 1. The first kappa shape index (κ1) is 34.1. The lowest BCUT2D eigenvalue weighted by Crippen LogP contribution is -2.19. The predicted octanol–water partition coefficient (Wildman–Crippen LogP) is 9.16. The molecule has 0 aromatic heterocycles. The molecular weight excluding hydrogens is 447 g/mol. The molecule has 0 spiro atoms. The monoisotopic (exact) mass is 496 g/mol. The first-order chi connectivity index (χ1) is 16.6. The normalized spacial score (nSPS) is 10.1. The fraction of sp³-hybridized carbons (Fsp3) is 0.500. The SMILES string of the molecule is CC.CC(C)[C@@H](C)COC(=O)Nc1ccc(F)cc1.CCCC.COC(=O)Nc1ccc(C)cc1.[HH].[HH]. The maximum Gasteiger partial charge on any atom is 0.411 e. The third kappa shape index (κ3) is 19.0. The predicted molar refractivity (Wildman–Crippen MR) is 149 cm³/mol. The largest absolute Gasteiger partial charge is 0.453 e. The summed E-state index contributed by atoms with van der Waals surface area (Å²) in [5, 5.41) is 5.09. The van der Waals surface area contributed by atoms with Crippen LogP contribution in [0.1, 0.15) is 69.7 Å². The fourth-order valence-corrected chi connectivity index (χ4v) is 1.89. The zero-order valence-corrected chi connectivity index (χ0v) is 22.9. The van der Waals surface area contributed by atoms with E-state index < -0.39 is 12.2 Å². The van der Waals surface area contributed by atoms with Crippen LogP contribution in [0.3, 0.4) is 0 Å². The second-order valence-electron chi connectivity index (χ2n) is 7.93. The van der Waals surface area contributed by atoms with Crippen molar-refractivity contribution < 1.29 is 26.3 Å². The van der Waals surface area contributed by atoms with Gasteiger partial charge in [-0.05, 0) is 55.2 Å². The summed E-state index contributed by atoms with van der Waals surface area (Å²) in [6.07, 6.45) is 1.68. The average molecular weight is 497 g/mol. The van der Waals surface area contributed by atoms with Gasteiger partial charge in [0.1, 0.15) is 5.82 Å². The van der Waals surface area contributed by atoms with Crippen molar-refractivity contribution >= 4 is 23.6 Å². The molecule has 0 fully saturated rings. The van der Waals surface area contributed by atoms with Crippen molar-refractivity contribution in [1.82, 2.24) is 0 Å². The van der Waals surface area contributed by atoms with Gasteiger partial charge in [-0.2, -0.15) is 0 Å². The van der Waals surface area contributed by atoms with Crippen LogP contribution >= 0.6 is 0 Å². The fourth-order valence-electron chi connectivity index (χ4n) is 1.89. The van der Waals surface area contributed by atoms with Crippen molar-refractivity contribution in [1.29, 1.82) is 0 Å². The van der Waals surface area contributed by atoms with E-state index in [4.69, 9.17) is 4.74 Å². The smallest absolute Gasteiger partial charge is 0.411 e. The van der Waals surface area contributed by atoms with E-state index >= 15 is 0 Å². The summed E-state index contributed by atoms with van der Waals surface area (Å²) in [5.74, 6) is 0.444. The second kappa shape index (κ2) is 21.4. The van der Waals surface area contributed by atoms with Gasteiger partial charge < -0.3 is 9.47 Å². The van der Waals surface area contributed by atoms with Gasteiger partial charge in [0.05, 0.1) is 13.7 Å². The Morgan fingerprint density at radius 1 is 0.857 bits per heavy atom. The molecule has 2 N–H and O–H groups in total. The molecule has 2 aromatic carbocycles. The first-order valence-corrected chi connectivity index (χ1v) is 12.2. The minimum atomic E-state index is -0.510. The molecule has 202 valence electrons. The number of anilines is 2. The molecule has 0 aliphatic heterocycles. The summed E-state index contributed by atoms with van der Waals surface area (Å²) in [6, 6.07) is 13.0. The van der Waals surface area contributed by atoms with Gasteiger partial charge in [0.25, 0.3) is 0 Å². The maximum absolute atomic E-state index is 12.6. The number of aryl methyl sites for hydroxylation is 1. The molecule has 0 unspecified atom stereocenters. The lowest BCUT2D eigenvalue weighted by atomic mass is 10.00. The van der Waals surface area contributed by atoms with Gasteiger partial charge in [-0.25, -0.2) is 14.0 Å². The Labute approximate surface area is 214 Å². The molecule has 2 amide bonds. The molecule has 0 saturated carbocycles. The van der Waals surface area contributed by atoms with E-state index in [1.165, 1.54) is 44.2 Å². The molecule has 2 aromatic rings. The van der Waals surface area contributed by atoms with Gasteiger partial charge in [0.2, 0.25) is 0 Å². The number of amides is 2. The number of carbonyl (C=O) groups is 2. The number of unbranched alkanes of at least 4 members (excludes halogenated alkanes) is 1. The molecule has 35 heavy (non-hydrogen) atoms. The van der Waals surface area contributed by atoms with Crippen molar-refractivity contribution in [2.24, 2.45) is 11.8 Å². The summed E-state index contributed by atoms with van der Waals surface area (Å²) in [4.78, 5) is 22.1. The zero-order chi connectivity index (χ0) is 27.2. The first-order valence-electron chi connectivity index (χ1n) is 12.2. The molecule has 7 heteroatoms. The van der Waals surface area contributed by atoms with Crippen LogP contribution in [0.25, 0.3) is 0 Å². The molecule has 0 aliphatic carbocycles. The van der Waals surface area contributed by atoms with Crippen LogP contribution in [0.15, 0.2) is 48.5 Å². The lowest BCUT2D eigenvalue weighted by molar-refractivity contribution is 0.133. The van der Waals surface area contributed by atoms with Crippen molar-refractivity contribution in [3.8, 4) is 0 Å². The van der Waals surface area contributed by atoms with Gasteiger partial charge in [-0.15, -0.1) is 0 Å². The molecule has 1 atom stereocenters. The number of nitrogens with one attached hydrogen (secondary N) is 2. The van der Waals surface area contributed by atoms with E-state index in [1.54, 1.807) is 0 Å². The highest BCUT2D eigenvalue weighted by Gasteiger charge is 2.10. The van der Waals surface area contributed by atoms with Crippen molar-refractivity contribution in [2.75, 3.05) is 24.4 Å². The molecule has 0 aliphatic rings. The Bertz CT molecular complexity index is 803. The van der Waals surface area contributed by atoms with Crippen LogP contribution in [-0.4, -0.2) is 25.9 Å². The number of ether oxygens (including phenoxy) is 2. The van der Waals surface area contributed by atoms with Crippen LogP contribution in [-0.2, 0) is 9.47 Å². The van der Waals surface area contributed by atoms with E-state index in [0.29, 0.717) is 24.1 Å². The summed E-state index contributed by atoms with van der Waals surface area (Å²) >= 11 is 0. The molecule has 0 saturated heterocycles. The number of rotatable bonds is 6. The zero-order valence-electron chi connectivity index (χ0n) is 22.9. The Morgan fingerprint density at radius 2 is 1.29 bits per heavy atom. The number of methoxy groups -OCH3 is 1. The maximum atomic E-state index is 12.6. The third-order valence-electron chi connectivity index (χ3n) is 4.69. The summed E-state index contributed by atoms with van der Waals surface area (Å²) < 4.78 is 22.1. The van der Waals surface area contributed by atoms with Crippen LogP contribution in [0.5, 0.6) is 0 Å². The van der Waals surface area contributed by atoms with Gasteiger partial charge in [0.15, 0.2) is 0 Å². The number of hydrogen-bond acceptors (Lipinski definition) is 4. The van der Waals surface area contributed by atoms with Crippen LogP contribution in [0, 0.1) is 24.6 Å². The van der Waals surface area contributed by atoms with E-state index in [0.717, 1.165) is 11.3 Å². The number of hydrogen-bond donors (Lipinski definition) is 2. The second-order valence-corrected chi connectivity index (χ2v) is 7.93. The van der Waals surface area contributed by atoms with E-state index in [9.17, 15) is 14.0 Å². The highest BCUT2D eigenvalue weighted by Crippen LogP contribution is 2.12. The van der Waals surface area contributed by atoms with Crippen molar-refractivity contribution in [2.45, 2.75) is 68.2 Å². The Hall–Kier alpha value is -3.09. The number of carbonyl (C=O) groups excluding carboxylic acids is 2. The van der Waals surface area contributed by atoms with Crippen LogP contribution in [0.4, 0.5) is 25.4 Å². The minimum absolute atomic E-state index is 0. The summed E-state index contributed by atoms with van der Waals surface area (Å²) in [6.45, 7) is 16.9. The quantitative estimate of drug-likeness (QED) is 0.418. The molecule has 0 heterocycles. The molecule has 0 radical (unpaired) electrons. The van der Waals surface area contributed by atoms with Crippen LogP contribution < -0.4 is 10.6 Å². The highest BCUT2D eigenvalue weighted by molar-refractivity contribution is 5.84. The van der Waals surface area contributed by atoms with E-state index in [2.05, 4.69) is 43.1 Å². The van der Waals surface area contributed by atoms with Gasteiger partial charge >= 0.3 is 12.2 Å². The topological polar surface area (TPSA) is 76.7 Å². The minimum Gasteiger partial charge on any atom is -0.453 e. The van der Waals surface area contributed by atoms with E-state index in [1.807, 2.05) is 52.0 Å². The summed E-state index contributed by atoms with van der Waals surface area (Å²) in [5.41, 5.74) is 2.42. The standard InChI is InChI=1S/C13H18FNO2.C9H11NO2.C4H10.C2H6.2H2/c1-9(2)10(3)8-17-13(16)15-12-6-4-11(14)5-7-12;1-7-3-5-8(6-4-7)10-9(11)12-2;1-3-4-2;1-2;;/h4-7,9-10H,8H2,1-3H3,(H,15,16);3-6H,1-2H3,(H,10,11);3-4H2,1-2H3;1-2H3;2*1H/t10-;;;;;/m0...../s1. The Kier molecular flexibility index (Phi) is 20.9. The molecule has 0 bridgehead atoms.